The molecule has 1 aromatic carbocycles. The van der Waals surface area contributed by atoms with E-state index in [1.165, 1.54) is 0 Å². The largest absolute Gasteiger partial charge is 0.355 e. The maximum absolute atomic E-state index is 11.6. The van der Waals surface area contributed by atoms with E-state index >= 15 is 0 Å². The molecule has 0 aliphatic carbocycles. The van der Waals surface area contributed by atoms with Gasteiger partial charge in [0, 0.05) is 12.6 Å². The molecule has 0 fully saturated rings. The van der Waals surface area contributed by atoms with Crippen molar-refractivity contribution in [2.24, 2.45) is 0 Å². The molecule has 3 aromatic rings. The molecule has 0 unspecified atom stereocenters. The Hall–Kier alpha value is -2.43. The van der Waals surface area contributed by atoms with Crippen molar-refractivity contribution < 1.29 is 4.79 Å². The predicted molar refractivity (Wildman–Crippen MR) is 63.9 cm³/mol. The van der Waals surface area contributed by atoms with Crippen LogP contribution < -0.4 is 5.32 Å². The number of nitrogens with one attached hydrogen (secondary N) is 1. The van der Waals surface area contributed by atoms with Crippen molar-refractivity contribution in [1.82, 2.24) is 19.7 Å². The molecule has 84 valence electrons. The molecule has 1 amide bonds. The third-order valence-electron chi connectivity index (χ3n) is 2.73. The second-order valence-electron chi connectivity index (χ2n) is 3.73. The third kappa shape index (κ3) is 1.44. The molecule has 0 radical (unpaired) electrons. The van der Waals surface area contributed by atoms with Gasteiger partial charge in [0.2, 0.25) is 0 Å². The molecule has 5 heteroatoms. The Morgan fingerprint density at radius 3 is 3.06 bits per heavy atom. The summed E-state index contributed by atoms with van der Waals surface area (Å²) in [6, 6.07) is 5.41. The zero-order valence-corrected chi connectivity index (χ0v) is 9.21. The minimum atomic E-state index is -0.107. The van der Waals surface area contributed by atoms with E-state index in [0.29, 0.717) is 5.56 Å². The van der Waals surface area contributed by atoms with Gasteiger partial charge in [-0.2, -0.15) is 0 Å². The number of nitrogens with zero attached hydrogens (tertiary/aromatic N) is 3. The van der Waals surface area contributed by atoms with Crippen LogP contribution in [0.25, 0.3) is 16.6 Å². The normalized spacial score (nSPS) is 10.9. The van der Waals surface area contributed by atoms with Crippen LogP contribution in [-0.2, 0) is 0 Å². The van der Waals surface area contributed by atoms with Crippen LogP contribution in [0.1, 0.15) is 10.4 Å². The molecule has 2 heterocycles. The fourth-order valence-electron chi connectivity index (χ4n) is 1.85. The number of benzene rings is 1. The summed E-state index contributed by atoms with van der Waals surface area (Å²) < 4.78 is 1.91. The fourth-order valence-corrected chi connectivity index (χ4v) is 1.85. The molecule has 0 bridgehead atoms. The van der Waals surface area contributed by atoms with Crippen LogP contribution in [0.4, 0.5) is 0 Å². The van der Waals surface area contributed by atoms with E-state index in [9.17, 15) is 4.79 Å². The first kappa shape index (κ1) is 9.77. The van der Waals surface area contributed by atoms with Crippen molar-refractivity contribution in [1.29, 1.82) is 0 Å². The van der Waals surface area contributed by atoms with Crippen molar-refractivity contribution in [3.8, 4) is 0 Å². The Balaban J connectivity index is 2.35. The van der Waals surface area contributed by atoms with Gasteiger partial charge < -0.3 is 5.32 Å². The molecule has 0 saturated carbocycles. The van der Waals surface area contributed by atoms with Crippen LogP contribution >= 0.6 is 0 Å². The summed E-state index contributed by atoms with van der Waals surface area (Å²) in [6.07, 6.45) is 5.21. The van der Waals surface area contributed by atoms with Crippen molar-refractivity contribution in [2.75, 3.05) is 7.05 Å². The van der Waals surface area contributed by atoms with E-state index in [2.05, 4.69) is 15.3 Å². The number of hydrogen-bond donors (Lipinski definition) is 1. The summed E-state index contributed by atoms with van der Waals surface area (Å²) >= 11 is 0. The summed E-state index contributed by atoms with van der Waals surface area (Å²) in [5, 5.41) is 2.60. The standard InChI is InChI=1S/C12H10N4O/c1-13-12(17)8-2-3-10-11(4-8)16-7-14-5-9(16)6-15-10/h2-7H,1H3,(H,13,17). The van der Waals surface area contributed by atoms with Crippen LogP contribution in [0.2, 0.25) is 0 Å². The SMILES string of the molecule is CNC(=O)c1ccc2ncc3cncn3c2c1. The Kier molecular flexibility index (Phi) is 2.04. The number of amides is 1. The third-order valence-corrected chi connectivity index (χ3v) is 2.73. The lowest BCUT2D eigenvalue weighted by molar-refractivity contribution is 0.0963. The highest BCUT2D eigenvalue weighted by Crippen LogP contribution is 2.16. The smallest absolute Gasteiger partial charge is 0.251 e. The monoisotopic (exact) mass is 226 g/mol. The second-order valence-corrected chi connectivity index (χ2v) is 3.73. The highest BCUT2D eigenvalue weighted by molar-refractivity contribution is 5.97. The van der Waals surface area contributed by atoms with Crippen molar-refractivity contribution in [2.45, 2.75) is 0 Å². The molecule has 2 aromatic heterocycles. The Bertz CT molecular complexity index is 717. The van der Waals surface area contributed by atoms with E-state index in [4.69, 9.17) is 0 Å². The van der Waals surface area contributed by atoms with Crippen LogP contribution in [0, 0.1) is 0 Å². The molecule has 1 N–H and O–H groups in total. The molecular formula is C12H10N4O. The summed E-state index contributed by atoms with van der Waals surface area (Å²) in [4.78, 5) is 20.0. The first-order chi connectivity index (χ1) is 8.29. The summed E-state index contributed by atoms with van der Waals surface area (Å²) in [6.45, 7) is 0. The lowest BCUT2D eigenvalue weighted by Crippen LogP contribution is -2.17. The zero-order valence-electron chi connectivity index (χ0n) is 9.21. The molecule has 3 rings (SSSR count). The van der Waals surface area contributed by atoms with Gasteiger partial charge in [0.25, 0.3) is 5.91 Å². The van der Waals surface area contributed by atoms with Gasteiger partial charge >= 0.3 is 0 Å². The molecule has 5 nitrogen and oxygen atoms in total. The number of fused-ring (bicyclic) bond motifs is 3. The fraction of sp³-hybridized carbons (Fsp3) is 0.0833. The topological polar surface area (TPSA) is 59.3 Å². The summed E-state index contributed by atoms with van der Waals surface area (Å²) in [5.41, 5.74) is 3.24. The molecule has 17 heavy (non-hydrogen) atoms. The maximum atomic E-state index is 11.6. The first-order valence-electron chi connectivity index (χ1n) is 5.22. The van der Waals surface area contributed by atoms with E-state index in [-0.39, 0.29) is 5.91 Å². The van der Waals surface area contributed by atoms with Crippen molar-refractivity contribution in [3.05, 3.63) is 42.5 Å². The van der Waals surface area contributed by atoms with Crippen LogP contribution in [0.3, 0.4) is 0 Å². The Labute approximate surface area is 97.1 Å². The highest BCUT2D eigenvalue weighted by atomic mass is 16.1. The van der Waals surface area contributed by atoms with E-state index in [1.54, 1.807) is 31.8 Å². The number of carbonyl (C=O) groups is 1. The van der Waals surface area contributed by atoms with Gasteiger partial charge in [-0.15, -0.1) is 0 Å². The van der Waals surface area contributed by atoms with Crippen LogP contribution in [0.5, 0.6) is 0 Å². The lowest BCUT2D eigenvalue weighted by atomic mass is 10.2. The maximum Gasteiger partial charge on any atom is 0.251 e. The van der Waals surface area contributed by atoms with Gasteiger partial charge in [0.15, 0.2) is 0 Å². The first-order valence-corrected chi connectivity index (χ1v) is 5.22. The van der Waals surface area contributed by atoms with Gasteiger partial charge in [0.1, 0.15) is 0 Å². The van der Waals surface area contributed by atoms with Crippen LogP contribution in [0.15, 0.2) is 36.9 Å². The number of imidazole rings is 1. The minimum absolute atomic E-state index is 0.107. The van der Waals surface area contributed by atoms with Gasteiger partial charge in [-0.3, -0.25) is 14.2 Å². The zero-order chi connectivity index (χ0) is 11.8. The Morgan fingerprint density at radius 2 is 2.24 bits per heavy atom. The second kappa shape index (κ2) is 3.55. The molecular weight excluding hydrogens is 216 g/mol. The molecule has 0 atom stereocenters. The summed E-state index contributed by atoms with van der Waals surface area (Å²) in [5.74, 6) is -0.107. The van der Waals surface area contributed by atoms with Crippen molar-refractivity contribution in [3.63, 3.8) is 0 Å². The van der Waals surface area contributed by atoms with Crippen LogP contribution in [-0.4, -0.2) is 27.3 Å². The molecule has 0 spiro atoms. The van der Waals surface area contributed by atoms with Crippen molar-refractivity contribution >= 4 is 22.5 Å². The molecule has 0 aliphatic rings. The molecule has 0 saturated heterocycles. The quantitative estimate of drug-likeness (QED) is 0.679. The minimum Gasteiger partial charge on any atom is -0.355 e. The highest BCUT2D eigenvalue weighted by Gasteiger charge is 2.07. The van der Waals surface area contributed by atoms with Gasteiger partial charge in [0.05, 0.1) is 35.3 Å². The average Bonchev–Trinajstić information content (AvgIpc) is 2.85. The Morgan fingerprint density at radius 1 is 1.35 bits per heavy atom. The van der Waals surface area contributed by atoms with E-state index in [0.717, 1.165) is 16.6 Å². The number of carbonyl (C=O) groups excluding carboxylic acids is 1. The van der Waals surface area contributed by atoms with E-state index < -0.39 is 0 Å². The number of hydrogen-bond acceptors (Lipinski definition) is 3. The average molecular weight is 226 g/mol. The van der Waals surface area contributed by atoms with Gasteiger partial charge in [-0.05, 0) is 18.2 Å². The van der Waals surface area contributed by atoms with Gasteiger partial charge in [-0.25, -0.2) is 4.98 Å². The predicted octanol–water partition coefficient (Wildman–Crippen LogP) is 1.24. The number of rotatable bonds is 1. The van der Waals surface area contributed by atoms with Gasteiger partial charge in [-0.1, -0.05) is 0 Å². The summed E-state index contributed by atoms with van der Waals surface area (Å²) in [7, 11) is 1.61. The van der Waals surface area contributed by atoms with E-state index in [1.807, 2.05) is 16.5 Å². The number of aromatic nitrogens is 3. The lowest BCUT2D eigenvalue weighted by Gasteiger charge is -2.04. The molecule has 0 aliphatic heterocycles.